The van der Waals surface area contributed by atoms with E-state index in [2.05, 4.69) is 16.7 Å². The topological polar surface area (TPSA) is 224 Å². The van der Waals surface area contributed by atoms with E-state index >= 15 is 0 Å². The fourth-order valence-corrected chi connectivity index (χ4v) is 3.35. The van der Waals surface area contributed by atoms with E-state index in [4.69, 9.17) is 20.9 Å². The lowest BCUT2D eigenvalue weighted by atomic mass is 9.88. The summed E-state index contributed by atoms with van der Waals surface area (Å²) in [5, 5.41) is 93.3. The molecule has 0 saturated carbocycles. The van der Waals surface area contributed by atoms with E-state index in [9.17, 15) is 30.6 Å². The molecule has 2 unspecified atom stereocenters. The maximum atomic E-state index is 10.2. The van der Waals surface area contributed by atoms with Gasteiger partial charge in [0.2, 0.25) is 5.79 Å². The first-order valence-electron chi connectivity index (χ1n) is 10.5. The second kappa shape index (κ2) is 13.9. The minimum atomic E-state index is -4.51. The van der Waals surface area contributed by atoms with Gasteiger partial charge in [0.05, 0.1) is 0 Å². The molecule has 0 aromatic carbocycles. The van der Waals surface area contributed by atoms with E-state index in [-0.39, 0.29) is 6.42 Å². The molecule has 10 N–H and O–H groups in total. The molecule has 0 aromatic heterocycles. The van der Waals surface area contributed by atoms with Crippen molar-refractivity contribution in [3.8, 4) is 0 Å². The Hall–Kier alpha value is -0.520. The standard InChI is InChI=1S/C18H39NO12/c1-2-3-4-5-6-7-8-9-10-11-12-13-14-15(20,21)17(23,30-28)16(22,19(26)27)18(24,25)31-29/h20-29H,2-14H2,1H3. The zero-order chi connectivity index (χ0) is 24.2. The van der Waals surface area contributed by atoms with Crippen molar-refractivity contribution in [2.45, 2.75) is 114 Å². The summed E-state index contributed by atoms with van der Waals surface area (Å²) in [6.45, 7) is 2.17. The van der Waals surface area contributed by atoms with Gasteiger partial charge < -0.3 is 30.6 Å². The van der Waals surface area contributed by atoms with E-state index in [1.807, 2.05) is 0 Å². The highest BCUT2D eigenvalue weighted by atomic mass is 17.2. The summed E-state index contributed by atoms with van der Waals surface area (Å²) >= 11 is 0. The fraction of sp³-hybridized carbons (Fsp3) is 1.00. The Kier molecular flexibility index (Phi) is 13.7. The minimum absolute atomic E-state index is 0.00748. The van der Waals surface area contributed by atoms with E-state index < -0.39 is 34.9 Å². The summed E-state index contributed by atoms with van der Waals surface area (Å²) < 4.78 is 0. The van der Waals surface area contributed by atoms with Gasteiger partial charge in [-0.25, -0.2) is 10.5 Å². The molecule has 13 nitrogen and oxygen atoms in total. The summed E-state index contributed by atoms with van der Waals surface area (Å²) in [5.41, 5.74) is -4.51. The van der Waals surface area contributed by atoms with Gasteiger partial charge in [0.15, 0.2) is 0 Å². The SMILES string of the molecule is CCCCCCCCCCCCCCC(O)(O)C(O)(OO)C(O)(N(O)O)C(O)(O)OO. The van der Waals surface area contributed by atoms with E-state index in [1.54, 1.807) is 0 Å². The minimum Gasteiger partial charge on any atom is -0.361 e. The van der Waals surface area contributed by atoms with Crippen molar-refractivity contribution in [1.29, 1.82) is 0 Å². The van der Waals surface area contributed by atoms with Crippen LogP contribution in [0.3, 0.4) is 0 Å². The molecule has 0 spiro atoms. The van der Waals surface area contributed by atoms with Crippen LogP contribution in [0.4, 0.5) is 0 Å². The monoisotopic (exact) mass is 461 g/mol. The molecule has 0 amide bonds. The highest BCUT2D eigenvalue weighted by Crippen LogP contribution is 2.42. The van der Waals surface area contributed by atoms with Crippen LogP contribution < -0.4 is 0 Å². The van der Waals surface area contributed by atoms with Crippen molar-refractivity contribution in [3.63, 3.8) is 0 Å². The van der Waals surface area contributed by atoms with Crippen molar-refractivity contribution in [3.05, 3.63) is 0 Å². The largest absolute Gasteiger partial charge is 0.361 e. The molecular formula is C18H39NO12. The molecular weight excluding hydrogens is 422 g/mol. The molecule has 0 saturated heterocycles. The smallest absolute Gasteiger partial charge is 0.361 e. The number of rotatable bonds is 19. The summed E-state index contributed by atoms with van der Waals surface area (Å²) in [4.78, 5) is 6.46. The molecule has 0 aliphatic heterocycles. The number of hydroxylamine groups is 2. The molecule has 0 radical (unpaired) electrons. The number of aliphatic hydroxyl groups is 6. The number of hydrogen-bond acceptors (Lipinski definition) is 13. The second-order valence-electron chi connectivity index (χ2n) is 7.85. The van der Waals surface area contributed by atoms with Crippen LogP contribution in [0.25, 0.3) is 0 Å². The first-order chi connectivity index (χ1) is 14.4. The van der Waals surface area contributed by atoms with Crippen molar-refractivity contribution in [2.75, 3.05) is 0 Å². The van der Waals surface area contributed by atoms with Gasteiger partial charge >= 0.3 is 17.5 Å². The Labute approximate surface area is 181 Å². The van der Waals surface area contributed by atoms with Gasteiger partial charge in [0, 0.05) is 6.42 Å². The third-order valence-electron chi connectivity index (χ3n) is 5.40. The van der Waals surface area contributed by atoms with Crippen LogP contribution in [0.2, 0.25) is 0 Å². The third kappa shape index (κ3) is 7.78. The van der Waals surface area contributed by atoms with Crippen LogP contribution >= 0.6 is 0 Å². The van der Waals surface area contributed by atoms with Crippen LogP contribution in [0.1, 0.15) is 90.4 Å². The Morgan fingerprint density at radius 1 is 0.613 bits per heavy atom. The van der Waals surface area contributed by atoms with Gasteiger partial charge in [-0.05, 0) is 11.6 Å². The Bertz CT molecular complexity index is 478. The first-order valence-corrected chi connectivity index (χ1v) is 10.5. The molecule has 31 heavy (non-hydrogen) atoms. The number of unbranched alkanes of at least 4 members (excludes halogenated alkanes) is 11. The molecule has 0 fully saturated rings. The van der Waals surface area contributed by atoms with Crippen molar-refractivity contribution >= 4 is 0 Å². The quantitative estimate of drug-likeness (QED) is 0.0557. The number of nitrogens with zero attached hydrogens (tertiary/aromatic N) is 1. The molecule has 0 bridgehead atoms. The summed E-state index contributed by atoms with van der Waals surface area (Å²) in [7, 11) is 0. The van der Waals surface area contributed by atoms with Crippen molar-refractivity contribution in [2.24, 2.45) is 0 Å². The van der Waals surface area contributed by atoms with Crippen LogP contribution in [0.5, 0.6) is 0 Å². The molecule has 0 aliphatic carbocycles. The average Bonchev–Trinajstić information content (AvgIpc) is 2.72. The predicted molar refractivity (Wildman–Crippen MR) is 103 cm³/mol. The van der Waals surface area contributed by atoms with E-state index in [0.717, 1.165) is 25.7 Å². The molecule has 188 valence electrons. The van der Waals surface area contributed by atoms with Gasteiger partial charge in [-0.3, -0.25) is 10.4 Å². The highest BCUT2D eigenvalue weighted by molar-refractivity contribution is 5.01. The zero-order valence-corrected chi connectivity index (χ0v) is 17.9. The molecule has 0 heterocycles. The van der Waals surface area contributed by atoms with Gasteiger partial charge in [0.1, 0.15) is 0 Å². The van der Waals surface area contributed by atoms with Crippen LogP contribution in [-0.2, 0) is 9.78 Å². The lowest BCUT2D eigenvalue weighted by Gasteiger charge is -2.49. The van der Waals surface area contributed by atoms with E-state index in [1.165, 1.54) is 32.1 Å². The Morgan fingerprint density at radius 2 is 1.00 bits per heavy atom. The van der Waals surface area contributed by atoms with Gasteiger partial charge in [-0.2, -0.15) is 9.78 Å². The molecule has 2 atom stereocenters. The van der Waals surface area contributed by atoms with Gasteiger partial charge in [-0.1, -0.05) is 77.6 Å². The van der Waals surface area contributed by atoms with Crippen LogP contribution in [0.15, 0.2) is 0 Å². The Morgan fingerprint density at radius 3 is 1.32 bits per heavy atom. The van der Waals surface area contributed by atoms with E-state index in [0.29, 0.717) is 12.8 Å². The maximum absolute atomic E-state index is 10.2. The lowest BCUT2D eigenvalue weighted by molar-refractivity contribution is -0.646. The van der Waals surface area contributed by atoms with Crippen molar-refractivity contribution in [1.82, 2.24) is 5.23 Å². The van der Waals surface area contributed by atoms with Crippen molar-refractivity contribution < 1.29 is 61.3 Å². The predicted octanol–water partition coefficient (Wildman–Crippen LogP) is 0.834. The third-order valence-corrected chi connectivity index (χ3v) is 5.40. The Balaban J connectivity index is 4.62. The van der Waals surface area contributed by atoms with Crippen LogP contribution in [-0.4, -0.2) is 80.1 Å². The average molecular weight is 462 g/mol. The second-order valence-corrected chi connectivity index (χ2v) is 7.85. The highest BCUT2D eigenvalue weighted by Gasteiger charge is 2.77. The normalized spacial score (nSPS) is 17.0. The molecule has 0 aliphatic rings. The van der Waals surface area contributed by atoms with Gasteiger partial charge in [0.25, 0.3) is 0 Å². The van der Waals surface area contributed by atoms with Gasteiger partial charge in [-0.15, -0.1) is 0 Å². The molecule has 13 heteroatoms. The lowest BCUT2D eigenvalue weighted by Crippen LogP contribution is -2.82. The molecule has 0 rings (SSSR count). The first kappa shape index (κ1) is 30.5. The molecule has 0 aromatic rings. The summed E-state index contributed by atoms with van der Waals surface area (Å²) in [6.07, 6.45) is 10.5. The maximum Gasteiger partial charge on any atom is 0.361 e. The number of hydrogen-bond donors (Lipinski definition) is 10. The summed E-state index contributed by atoms with van der Waals surface area (Å²) in [6, 6.07) is 0. The van der Waals surface area contributed by atoms with Crippen LogP contribution in [0, 0.1) is 0 Å². The zero-order valence-electron chi connectivity index (χ0n) is 17.9. The summed E-state index contributed by atoms with van der Waals surface area (Å²) in [5.74, 6) is -12.4. The fourth-order valence-electron chi connectivity index (χ4n) is 3.35.